The number of ether oxygens (including phenoxy) is 3. The molecule has 0 saturated carbocycles. The number of carbonyl (C=O) groups excluding carboxylic acids is 3. The van der Waals surface area contributed by atoms with Crippen molar-refractivity contribution in [1.82, 2.24) is 10.3 Å². The number of aromatic amines is 1. The highest BCUT2D eigenvalue weighted by molar-refractivity contribution is 6.06. The van der Waals surface area contributed by atoms with Crippen LogP contribution in [0, 0.1) is 0 Å². The molecule has 0 aliphatic carbocycles. The molecule has 0 radical (unpaired) electrons. The summed E-state index contributed by atoms with van der Waals surface area (Å²) in [7, 11) is 1.23. The van der Waals surface area contributed by atoms with Gasteiger partial charge in [-0.05, 0) is 47.6 Å². The van der Waals surface area contributed by atoms with E-state index in [-0.39, 0.29) is 6.42 Å². The van der Waals surface area contributed by atoms with Crippen LogP contribution in [0.2, 0.25) is 0 Å². The molecule has 0 fully saturated rings. The summed E-state index contributed by atoms with van der Waals surface area (Å²) in [5.41, 5.74) is 0.0723. The van der Waals surface area contributed by atoms with Crippen molar-refractivity contribution in [3.05, 3.63) is 35.5 Å². The lowest BCUT2D eigenvalue weighted by molar-refractivity contribution is -0.143. The van der Waals surface area contributed by atoms with Crippen molar-refractivity contribution in [3.8, 4) is 0 Å². The molecule has 8 nitrogen and oxygen atoms in total. The highest BCUT2D eigenvalue weighted by Gasteiger charge is 2.30. The Kier molecular flexibility index (Phi) is 6.80. The molecule has 1 aromatic carbocycles. The standard InChI is InChI=1S/C22H30N2O6/c1-21(2,3)29-19(26)17-13-10-8-9-11-14(13)23-15(17)12-16(18(25)28-7)24-20(27)30-22(4,5)6/h8-11,16,23H,12H2,1-7H3,(H,24,27). The number of benzene rings is 1. The van der Waals surface area contributed by atoms with E-state index in [1.54, 1.807) is 47.6 Å². The van der Waals surface area contributed by atoms with Crippen molar-refractivity contribution in [3.63, 3.8) is 0 Å². The van der Waals surface area contributed by atoms with Gasteiger partial charge >= 0.3 is 18.0 Å². The molecule has 2 rings (SSSR count). The van der Waals surface area contributed by atoms with Gasteiger partial charge in [0.2, 0.25) is 0 Å². The Balaban J connectivity index is 2.41. The molecular formula is C22H30N2O6. The van der Waals surface area contributed by atoms with E-state index in [0.29, 0.717) is 22.2 Å². The summed E-state index contributed by atoms with van der Waals surface area (Å²) < 4.78 is 15.6. The molecule has 2 aromatic rings. The largest absolute Gasteiger partial charge is 0.467 e. The summed E-state index contributed by atoms with van der Waals surface area (Å²) in [6.45, 7) is 10.5. The van der Waals surface area contributed by atoms with E-state index in [1.807, 2.05) is 18.2 Å². The molecule has 0 aliphatic heterocycles. The molecule has 8 heteroatoms. The molecule has 1 atom stereocenters. The predicted molar refractivity (Wildman–Crippen MR) is 112 cm³/mol. The maximum Gasteiger partial charge on any atom is 0.408 e. The second kappa shape index (κ2) is 8.77. The zero-order valence-corrected chi connectivity index (χ0v) is 18.5. The van der Waals surface area contributed by atoms with E-state index in [4.69, 9.17) is 14.2 Å². The Morgan fingerprint density at radius 1 is 1.00 bits per heavy atom. The molecule has 0 spiro atoms. The summed E-state index contributed by atoms with van der Waals surface area (Å²) in [6.07, 6.45) is -0.761. The van der Waals surface area contributed by atoms with Gasteiger partial charge < -0.3 is 24.5 Å². The number of fused-ring (bicyclic) bond motifs is 1. The third-order valence-electron chi connectivity index (χ3n) is 3.97. The second-order valence-electron chi connectivity index (χ2n) is 8.95. The van der Waals surface area contributed by atoms with Gasteiger partial charge in [0.25, 0.3) is 0 Å². The van der Waals surface area contributed by atoms with Crippen LogP contribution < -0.4 is 5.32 Å². The van der Waals surface area contributed by atoms with Crippen LogP contribution in [0.5, 0.6) is 0 Å². The summed E-state index contributed by atoms with van der Waals surface area (Å²) in [5, 5.41) is 3.19. The van der Waals surface area contributed by atoms with Crippen molar-refractivity contribution in [1.29, 1.82) is 0 Å². The summed E-state index contributed by atoms with van der Waals surface area (Å²) >= 11 is 0. The minimum Gasteiger partial charge on any atom is -0.467 e. The first-order chi connectivity index (χ1) is 13.8. The number of methoxy groups -OCH3 is 1. The lowest BCUT2D eigenvalue weighted by Crippen LogP contribution is -2.45. The van der Waals surface area contributed by atoms with Crippen LogP contribution in [0.3, 0.4) is 0 Å². The Bertz CT molecular complexity index is 933. The van der Waals surface area contributed by atoms with Crippen LogP contribution >= 0.6 is 0 Å². The zero-order valence-electron chi connectivity index (χ0n) is 18.5. The quantitative estimate of drug-likeness (QED) is 0.566. The minimum absolute atomic E-state index is 0.00479. The normalized spacial score (nSPS) is 12.9. The summed E-state index contributed by atoms with van der Waals surface area (Å²) in [5.74, 6) is -1.18. The van der Waals surface area contributed by atoms with Gasteiger partial charge in [-0.3, -0.25) is 0 Å². The van der Waals surface area contributed by atoms with Gasteiger partial charge in [0, 0.05) is 23.0 Å². The lowest BCUT2D eigenvalue weighted by Gasteiger charge is -2.23. The molecule has 1 amide bonds. The highest BCUT2D eigenvalue weighted by Crippen LogP contribution is 2.26. The third kappa shape index (κ3) is 6.23. The lowest BCUT2D eigenvalue weighted by atomic mass is 10.0. The average molecular weight is 418 g/mol. The topological polar surface area (TPSA) is 107 Å². The summed E-state index contributed by atoms with van der Waals surface area (Å²) in [4.78, 5) is 40.6. The number of carbonyl (C=O) groups is 3. The number of aromatic nitrogens is 1. The third-order valence-corrected chi connectivity index (χ3v) is 3.97. The fraction of sp³-hybridized carbons (Fsp3) is 0.500. The maximum atomic E-state index is 12.9. The molecule has 0 saturated heterocycles. The number of H-pyrrole nitrogens is 1. The van der Waals surface area contributed by atoms with Crippen LogP contribution in [-0.4, -0.2) is 47.4 Å². The average Bonchev–Trinajstić information content (AvgIpc) is 2.95. The number of para-hydroxylation sites is 1. The second-order valence-corrected chi connectivity index (χ2v) is 8.95. The van der Waals surface area contributed by atoms with E-state index in [9.17, 15) is 14.4 Å². The molecule has 0 aliphatic rings. The van der Waals surface area contributed by atoms with E-state index < -0.39 is 35.3 Å². The van der Waals surface area contributed by atoms with Gasteiger partial charge in [-0.1, -0.05) is 18.2 Å². The number of alkyl carbamates (subject to hydrolysis) is 1. The molecule has 30 heavy (non-hydrogen) atoms. The first kappa shape index (κ1) is 23.3. The number of rotatable bonds is 5. The van der Waals surface area contributed by atoms with Gasteiger partial charge in [-0.2, -0.15) is 0 Å². The number of esters is 2. The van der Waals surface area contributed by atoms with Crippen molar-refractivity contribution in [2.45, 2.75) is 65.2 Å². The fourth-order valence-electron chi connectivity index (χ4n) is 2.90. The SMILES string of the molecule is COC(=O)C(Cc1[nH]c2ccccc2c1C(=O)OC(C)(C)C)NC(=O)OC(C)(C)C. The van der Waals surface area contributed by atoms with Gasteiger partial charge in [0.05, 0.1) is 12.7 Å². The highest BCUT2D eigenvalue weighted by atomic mass is 16.6. The van der Waals surface area contributed by atoms with Gasteiger partial charge in [-0.25, -0.2) is 14.4 Å². The van der Waals surface area contributed by atoms with E-state index in [1.165, 1.54) is 7.11 Å². The Morgan fingerprint density at radius 2 is 1.60 bits per heavy atom. The predicted octanol–water partition coefficient (Wildman–Crippen LogP) is 3.73. The van der Waals surface area contributed by atoms with Crippen molar-refractivity contribution in [2.75, 3.05) is 7.11 Å². The first-order valence-electron chi connectivity index (χ1n) is 9.71. The number of amides is 1. The molecule has 1 unspecified atom stereocenters. The van der Waals surface area contributed by atoms with Crippen molar-refractivity contribution >= 4 is 28.9 Å². The van der Waals surface area contributed by atoms with E-state index >= 15 is 0 Å². The molecule has 1 heterocycles. The van der Waals surface area contributed by atoms with Crippen molar-refractivity contribution in [2.24, 2.45) is 0 Å². The van der Waals surface area contributed by atoms with Gasteiger partial charge in [-0.15, -0.1) is 0 Å². The minimum atomic E-state index is -1.06. The van der Waals surface area contributed by atoms with Crippen molar-refractivity contribution < 1.29 is 28.6 Å². The molecule has 1 aromatic heterocycles. The van der Waals surface area contributed by atoms with Crippen LogP contribution in [0.15, 0.2) is 24.3 Å². The van der Waals surface area contributed by atoms with Crippen LogP contribution in [0.1, 0.15) is 57.6 Å². The number of hydrogen-bond acceptors (Lipinski definition) is 6. The monoisotopic (exact) mass is 418 g/mol. The maximum absolute atomic E-state index is 12.9. The van der Waals surface area contributed by atoms with E-state index in [0.717, 1.165) is 0 Å². The zero-order chi connectivity index (χ0) is 22.7. The molecule has 0 bridgehead atoms. The Morgan fingerprint density at radius 3 is 2.17 bits per heavy atom. The molecular weight excluding hydrogens is 388 g/mol. The van der Waals surface area contributed by atoms with Crippen LogP contribution in [-0.2, 0) is 25.4 Å². The molecule has 2 N–H and O–H groups in total. The van der Waals surface area contributed by atoms with Crippen LogP contribution in [0.25, 0.3) is 10.9 Å². The van der Waals surface area contributed by atoms with Gasteiger partial charge in [0.15, 0.2) is 0 Å². The summed E-state index contributed by atoms with van der Waals surface area (Å²) in [6, 6.07) is 6.20. The smallest absolute Gasteiger partial charge is 0.408 e. The van der Waals surface area contributed by atoms with Crippen LogP contribution in [0.4, 0.5) is 4.79 Å². The molecule has 164 valence electrons. The Labute approximate surface area is 176 Å². The Hall–Kier alpha value is -3.03. The first-order valence-corrected chi connectivity index (χ1v) is 9.71. The fourth-order valence-corrected chi connectivity index (χ4v) is 2.90. The number of nitrogens with one attached hydrogen (secondary N) is 2. The van der Waals surface area contributed by atoms with Gasteiger partial charge in [0.1, 0.15) is 17.2 Å². The number of hydrogen-bond donors (Lipinski definition) is 2. The van der Waals surface area contributed by atoms with E-state index in [2.05, 4.69) is 10.3 Å².